The molecule has 150 valence electrons. The first-order valence-corrected chi connectivity index (χ1v) is 9.97. The number of hydrogen-bond donors (Lipinski definition) is 1. The Morgan fingerprint density at radius 1 is 1.07 bits per heavy atom. The first-order valence-electron chi connectivity index (χ1n) is 9.97. The summed E-state index contributed by atoms with van der Waals surface area (Å²) < 4.78 is 5.45. The highest BCUT2D eigenvalue weighted by Gasteiger charge is 2.20. The third kappa shape index (κ3) is 5.57. The van der Waals surface area contributed by atoms with Gasteiger partial charge in [0.05, 0.1) is 19.7 Å². The molecule has 1 N–H and O–H groups in total. The van der Waals surface area contributed by atoms with Crippen LogP contribution in [0.2, 0.25) is 0 Å². The molecule has 5 nitrogen and oxygen atoms in total. The lowest BCUT2D eigenvalue weighted by molar-refractivity contribution is -0.123. The topological polar surface area (TPSA) is 44.8 Å². The predicted octanol–water partition coefficient (Wildman–Crippen LogP) is 3.00. The van der Waals surface area contributed by atoms with Gasteiger partial charge in [-0.15, -0.1) is 0 Å². The first-order chi connectivity index (χ1) is 13.5. The van der Waals surface area contributed by atoms with E-state index in [2.05, 4.69) is 45.4 Å². The second-order valence-electron chi connectivity index (χ2n) is 7.57. The van der Waals surface area contributed by atoms with E-state index >= 15 is 0 Å². The van der Waals surface area contributed by atoms with Crippen molar-refractivity contribution in [1.82, 2.24) is 15.1 Å². The number of carbonyl (C=O) groups excluding carboxylic acids is 1. The Morgan fingerprint density at radius 2 is 1.75 bits per heavy atom. The number of benzene rings is 2. The molecule has 1 unspecified atom stereocenters. The van der Waals surface area contributed by atoms with Crippen molar-refractivity contribution in [3.8, 4) is 5.75 Å². The molecule has 0 bridgehead atoms. The van der Waals surface area contributed by atoms with Gasteiger partial charge in [0.1, 0.15) is 5.75 Å². The molecule has 0 saturated carbocycles. The third-order valence-electron chi connectivity index (χ3n) is 5.31. The summed E-state index contributed by atoms with van der Waals surface area (Å²) in [6, 6.07) is 16.5. The quantitative estimate of drug-likeness (QED) is 0.801. The summed E-state index contributed by atoms with van der Waals surface area (Å²) in [5.74, 6) is 0.875. The van der Waals surface area contributed by atoms with Crippen molar-refractivity contribution in [3.05, 3.63) is 65.2 Å². The highest BCUT2D eigenvalue weighted by atomic mass is 16.5. The van der Waals surface area contributed by atoms with E-state index in [1.165, 1.54) is 5.56 Å². The smallest absolute Gasteiger partial charge is 0.234 e. The molecule has 1 fully saturated rings. The van der Waals surface area contributed by atoms with Crippen LogP contribution in [0.25, 0.3) is 0 Å². The largest absolute Gasteiger partial charge is 0.496 e. The molecule has 3 rings (SSSR count). The zero-order chi connectivity index (χ0) is 19.9. The Bertz CT molecular complexity index is 771. The summed E-state index contributed by atoms with van der Waals surface area (Å²) in [4.78, 5) is 17.2. The fourth-order valence-corrected chi connectivity index (χ4v) is 3.71. The minimum absolute atomic E-state index is 0.0626. The molecule has 2 aromatic carbocycles. The lowest BCUT2D eigenvalue weighted by Crippen LogP contribution is -2.49. The molecule has 1 amide bonds. The Kier molecular flexibility index (Phi) is 7.06. The van der Waals surface area contributed by atoms with Gasteiger partial charge in [0.25, 0.3) is 0 Å². The summed E-state index contributed by atoms with van der Waals surface area (Å²) in [6.07, 6.45) is 0. The fraction of sp³-hybridized carbons (Fsp3) is 0.435. The lowest BCUT2D eigenvalue weighted by Gasteiger charge is -2.34. The van der Waals surface area contributed by atoms with Crippen molar-refractivity contribution < 1.29 is 9.53 Å². The lowest BCUT2D eigenvalue weighted by atomic mass is 10.0. The number of carbonyl (C=O) groups is 1. The van der Waals surface area contributed by atoms with Gasteiger partial charge in [-0.1, -0.05) is 48.0 Å². The summed E-state index contributed by atoms with van der Waals surface area (Å²) in [5.41, 5.74) is 3.52. The number of aryl methyl sites for hydroxylation is 1. The van der Waals surface area contributed by atoms with Crippen LogP contribution in [0.1, 0.15) is 29.7 Å². The maximum atomic E-state index is 12.5. The molecule has 5 heteroatoms. The minimum atomic E-state index is -0.0817. The van der Waals surface area contributed by atoms with Gasteiger partial charge in [0, 0.05) is 38.3 Å². The first kappa shape index (κ1) is 20.4. The average molecular weight is 382 g/mol. The predicted molar refractivity (Wildman–Crippen MR) is 112 cm³/mol. The zero-order valence-corrected chi connectivity index (χ0v) is 17.1. The molecule has 1 aliphatic heterocycles. The molecule has 1 aliphatic rings. The van der Waals surface area contributed by atoms with Crippen LogP contribution >= 0.6 is 0 Å². The van der Waals surface area contributed by atoms with Gasteiger partial charge < -0.3 is 10.1 Å². The van der Waals surface area contributed by atoms with Crippen LogP contribution in [-0.4, -0.2) is 55.5 Å². The van der Waals surface area contributed by atoms with Crippen molar-refractivity contribution in [2.24, 2.45) is 0 Å². The average Bonchev–Trinajstić information content (AvgIpc) is 2.70. The highest BCUT2D eigenvalue weighted by molar-refractivity contribution is 5.78. The maximum absolute atomic E-state index is 12.5. The molecule has 0 aromatic heterocycles. The van der Waals surface area contributed by atoms with Crippen molar-refractivity contribution in [1.29, 1.82) is 0 Å². The van der Waals surface area contributed by atoms with Crippen LogP contribution in [-0.2, 0) is 11.3 Å². The van der Waals surface area contributed by atoms with Gasteiger partial charge >= 0.3 is 0 Å². The van der Waals surface area contributed by atoms with E-state index in [-0.39, 0.29) is 11.9 Å². The number of piperazine rings is 1. The second kappa shape index (κ2) is 9.71. The monoisotopic (exact) mass is 381 g/mol. The Morgan fingerprint density at radius 3 is 2.43 bits per heavy atom. The standard InChI is InChI=1S/C23H31N3O2/c1-18-9-10-22(28-3)21(15-18)19(2)24-23(27)17-26-13-11-25(12-14-26)16-20-7-5-4-6-8-20/h4-10,15,19H,11-14,16-17H2,1-3H3,(H,24,27). The van der Waals surface area contributed by atoms with E-state index < -0.39 is 0 Å². The molecule has 1 heterocycles. The number of nitrogens with zero attached hydrogens (tertiary/aromatic N) is 2. The number of amides is 1. The van der Waals surface area contributed by atoms with Crippen LogP contribution < -0.4 is 10.1 Å². The number of rotatable bonds is 7. The maximum Gasteiger partial charge on any atom is 0.234 e. The van der Waals surface area contributed by atoms with Crippen LogP contribution in [0, 0.1) is 6.92 Å². The second-order valence-corrected chi connectivity index (χ2v) is 7.57. The Labute approximate surface area is 168 Å². The van der Waals surface area contributed by atoms with E-state index in [4.69, 9.17) is 4.74 Å². The van der Waals surface area contributed by atoms with E-state index in [0.717, 1.165) is 49.6 Å². The van der Waals surface area contributed by atoms with E-state index in [1.54, 1.807) is 7.11 Å². The highest BCUT2D eigenvalue weighted by Crippen LogP contribution is 2.26. The number of methoxy groups -OCH3 is 1. The van der Waals surface area contributed by atoms with E-state index in [9.17, 15) is 4.79 Å². The van der Waals surface area contributed by atoms with Gasteiger partial charge in [0.15, 0.2) is 0 Å². The third-order valence-corrected chi connectivity index (χ3v) is 5.31. The number of nitrogens with one attached hydrogen (secondary N) is 1. The molecule has 1 saturated heterocycles. The fourth-order valence-electron chi connectivity index (χ4n) is 3.71. The van der Waals surface area contributed by atoms with E-state index in [1.807, 2.05) is 32.0 Å². The van der Waals surface area contributed by atoms with Gasteiger partial charge in [-0.2, -0.15) is 0 Å². The van der Waals surface area contributed by atoms with Crippen LogP contribution in [0.3, 0.4) is 0 Å². The van der Waals surface area contributed by atoms with Gasteiger partial charge in [-0.05, 0) is 25.5 Å². The Hall–Kier alpha value is -2.37. The summed E-state index contributed by atoms with van der Waals surface area (Å²) in [7, 11) is 1.66. The molecule has 0 radical (unpaired) electrons. The Balaban J connectivity index is 1.46. The number of ether oxygens (including phenoxy) is 1. The van der Waals surface area contributed by atoms with Crippen molar-refractivity contribution in [3.63, 3.8) is 0 Å². The molecule has 1 atom stereocenters. The van der Waals surface area contributed by atoms with Crippen molar-refractivity contribution in [2.75, 3.05) is 39.8 Å². The zero-order valence-electron chi connectivity index (χ0n) is 17.1. The molecule has 0 spiro atoms. The van der Waals surface area contributed by atoms with Crippen molar-refractivity contribution in [2.45, 2.75) is 26.4 Å². The number of hydrogen-bond acceptors (Lipinski definition) is 4. The van der Waals surface area contributed by atoms with E-state index in [0.29, 0.717) is 6.54 Å². The minimum Gasteiger partial charge on any atom is -0.496 e. The summed E-state index contributed by atoms with van der Waals surface area (Å²) in [6.45, 7) is 9.29. The normalized spacial score (nSPS) is 16.5. The van der Waals surface area contributed by atoms with Crippen molar-refractivity contribution >= 4 is 5.91 Å². The van der Waals surface area contributed by atoms with Gasteiger partial charge in [-0.25, -0.2) is 0 Å². The molecule has 2 aromatic rings. The SMILES string of the molecule is COc1ccc(C)cc1C(C)NC(=O)CN1CCN(Cc2ccccc2)CC1. The molecular weight excluding hydrogens is 350 g/mol. The summed E-state index contributed by atoms with van der Waals surface area (Å²) >= 11 is 0. The van der Waals surface area contributed by atoms with Crippen LogP contribution in [0.4, 0.5) is 0 Å². The van der Waals surface area contributed by atoms with Crippen LogP contribution in [0.5, 0.6) is 5.75 Å². The van der Waals surface area contributed by atoms with Gasteiger partial charge in [0.2, 0.25) is 5.91 Å². The van der Waals surface area contributed by atoms with Crippen LogP contribution in [0.15, 0.2) is 48.5 Å². The molecular formula is C23H31N3O2. The van der Waals surface area contributed by atoms with Gasteiger partial charge in [-0.3, -0.25) is 14.6 Å². The molecule has 0 aliphatic carbocycles. The summed E-state index contributed by atoms with van der Waals surface area (Å²) in [5, 5.41) is 3.12. The molecule has 28 heavy (non-hydrogen) atoms.